The van der Waals surface area contributed by atoms with Crippen molar-refractivity contribution in [2.75, 3.05) is 38.2 Å². The average molecular weight is 262 g/mol. The minimum Gasteiger partial charge on any atom is -0.377 e. The summed E-state index contributed by atoms with van der Waals surface area (Å²) >= 11 is 0. The van der Waals surface area contributed by atoms with Crippen molar-refractivity contribution < 1.29 is 9.53 Å². The number of methoxy groups -OCH3 is 1. The lowest BCUT2D eigenvalue weighted by atomic mass is 9.99. The molecule has 2 rings (SSSR count). The largest absolute Gasteiger partial charge is 0.377 e. The zero-order valence-corrected chi connectivity index (χ0v) is 11.9. The van der Waals surface area contributed by atoms with E-state index in [1.165, 1.54) is 0 Å². The van der Waals surface area contributed by atoms with E-state index < -0.39 is 0 Å². The summed E-state index contributed by atoms with van der Waals surface area (Å²) in [6.07, 6.45) is -0.0593. The summed E-state index contributed by atoms with van der Waals surface area (Å²) in [7, 11) is 1.67. The first kappa shape index (κ1) is 14.0. The smallest absolute Gasteiger partial charge is 0.160 e. The Hall–Kier alpha value is -1.39. The van der Waals surface area contributed by atoms with E-state index in [-0.39, 0.29) is 11.9 Å². The van der Waals surface area contributed by atoms with E-state index in [0.29, 0.717) is 0 Å². The van der Waals surface area contributed by atoms with E-state index in [2.05, 4.69) is 16.3 Å². The maximum absolute atomic E-state index is 11.8. The van der Waals surface area contributed by atoms with Crippen molar-refractivity contribution in [1.82, 2.24) is 5.32 Å². The Bertz CT molecular complexity index is 453. The Morgan fingerprint density at radius 3 is 2.63 bits per heavy atom. The van der Waals surface area contributed by atoms with Crippen molar-refractivity contribution in [2.45, 2.75) is 20.0 Å². The first-order valence-electron chi connectivity index (χ1n) is 6.77. The van der Waals surface area contributed by atoms with Gasteiger partial charge in [-0.2, -0.15) is 0 Å². The van der Waals surface area contributed by atoms with E-state index >= 15 is 0 Å². The van der Waals surface area contributed by atoms with Crippen LogP contribution < -0.4 is 10.2 Å². The molecule has 104 valence electrons. The van der Waals surface area contributed by atoms with E-state index in [1.54, 1.807) is 14.0 Å². The SMILES string of the molecule is COC(C)c1ccc(N2CCNCC2)cc1C(C)=O. The molecule has 19 heavy (non-hydrogen) atoms. The first-order chi connectivity index (χ1) is 9.13. The minimum absolute atomic E-state index is 0.0593. The van der Waals surface area contributed by atoms with Crippen LogP contribution in [-0.2, 0) is 4.74 Å². The Balaban J connectivity index is 2.32. The standard InChI is InChI=1S/C15H22N2O2/c1-11(18)15-10-13(17-8-6-16-7-9-17)4-5-14(15)12(2)19-3/h4-5,10,12,16H,6-9H2,1-3H3. The van der Waals surface area contributed by atoms with Crippen molar-refractivity contribution in [3.05, 3.63) is 29.3 Å². The summed E-state index contributed by atoms with van der Waals surface area (Å²) in [4.78, 5) is 14.1. The second-order valence-corrected chi connectivity index (χ2v) is 4.94. The quantitative estimate of drug-likeness (QED) is 0.843. The number of piperazine rings is 1. The fourth-order valence-electron chi connectivity index (χ4n) is 2.45. The molecule has 0 spiro atoms. The van der Waals surface area contributed by atoms with Crippen molar-refractivity contribution in [2.24, 2.45) is 0 Å². The number of nitrogens with zero attached hydrogens (tertiary/aromatic N) is 1. The van der Waals surface area contributed by atoms with Gasteiger partial charge in [0.05, 0.1) is 6.10 Å². The Kier molecular flexibility index (Phi) is 4.56. The highest BCUT2D eigenvalue weighted by Crippen LogP contribution is 2.26. The van der Waals surface area contributed by atoms with Gasteiger partial charge in [-0.05, 0) is 31.5 Å². The van der Waals surface area contributed by atoms with Gasteiger partial charge in [0.2, 0.25) is 0 Å². The van der Waals surface area contributed by atoms with Crippen LogP contribution in [0.2, 0.25) is 0 Å². The van der Waals surface area contributed by atoms with E-state index in [1.807, 2.05) is 19.1 Å². The zero-order chi connectivity index (χ0) is 13.8. The van der Waals surface area contributed by atoms with Gasteiger partial charge in [0, 0.05) is 44.5 Å². The molecule has 0 amide bonds. The van der Waals surface area contributed by atoms with Gasteiger partial charge in [-0.3, -0.25) is 4.79 Å². The monoisotopic (exact) mass is 262 g/mol. The maximum atomic E-state index is 11.8. The fourth-order valence-corrected chi connectivity index (χ4v) is 2.45. The van der Waals surface area contributed by atoms with Crippen LogP contribution in [0, 0.1) is 0 Å². The molecule has 1 saturated heterocycles. The molecule has 1 fully saturated rings. The van der Waals surface area contributed by atoms with Crippen molar-refractivity contribution in [3.63, 3.8) is 0 Å². The van der Waals surface area contributed by atoms with Crippen LogP contribution in [0.3, 0.4) is 0 Å². The number of benzene rings is 1. The number of anilines is 1. The van der Waals surface area contributed by atoms with Gasteiger partial charge in [0.1, 0.15) is 0 Å². The molecule has 1 atom stereocenters. The topological polar surface area (TPSA) is 41.6 Å². The zero-order valence-electron chi connectivity index (χ0n) is 11.9. The second kappa shape index (κ2) is 6.17. The molecule has 1 N–H and O–H groups in total. The maximum Gasteiger partial charge on any atom is 0.160 e. The highest BCUT2D eigenvalue weighted by atomic mass is 16.5. The Labute approximate surface area is 114 Å². The summed E-state index contributed by atoms with van der Waals surface area (Å²) in [5.74, 6) is 0.0934. The van der Waals surface area contributed by atoms with Crippen LogP contribution in [0.15, 0.2) is 18.2 Å². The number of Topliss-reactive ketones (excluding diaryl/α,β-unsaturated/α-hetero) is 1. The van der Waals surface area contributed by atoms with Crippen molar-refractivity contribution in [1.29, 1.82) is 0 Å². The number of hydrogen-bond acceptors (Lipinski definition) is 4. The summed E-state index contributed by atoms with van der Waals surface area (Å²) in [5, 5.41) is 3.33. The summed E-state index contributed by atoms with van der Waals surface area (Å²) < 4.78 is 5.34. The molecule has 1 heterocycles. The predicted molar refractivity (Wildman–Crippen MR) is 77.0 cm³/mol. The second-order valence-electron chi connectivity index (χ2n) is 4.94. The highest BCUT2D eigenvalue weighted by Gasteiger charge is 2.17. The fraction of sp³-hybridized carbons (Fsp3) is 0.533. The molecule has 1 unspecified atom stereocenters. The molecular formula is C15H22N2O2. The van der Waals surface area contributed by atoms with Gasteiger partial charge >= 0.3 is 0 Å². The van der Waals surface area contributed by atoms with E-state index in [4.69, 9.17) is 4.74 Å². The number of rotatable bonds is 4. The van der Waals surface area contributed by atoms with Gasteiger partial charge in [0.15, 0.2) is 5.78 Å². The average Bonchev–Trinajstić information content (AvgIpc) is 2.46. The van der Waals surface area contributed by atoms with Gasteiger partial charge < -0.3 is 15.0 Å². The lowest BCUT2D eigenvalue weighted by Crippen LogP contribution is -2.43. The molecule has 0 aromatic heterocycles. The van der Waals surface area contributed by atoms with Crippen LogP contribution in [-0.4, -0.2) is 39.1 Å². The Morgan fingerprint density at radius 1 is 1.37 bits per heavy atom. The number of nitrogens with one attached hydrogen (secondary N) is 1. The molecule has 0 bridgehead atoms. The van der Waals surface area contributed by atoms with E-state index in [9.17, 15) is 4.79 Å². The molecule has 1 aromatic carbocycles. The molecule has 1 aromatic rings. The van der Waals surface area contributed by atoms with Crippen LogP contribution in [0.5, 0.6) is 0 Å². The molecule has 0 saturated carbocycles. The molecule has 0 aliphatic carbocycles. The summed E-state index contributed by atoms with van der Waals surface area (Å²) in [6.45, 7) is 7.53. The van der Waals surface area contributed by atoms with E-state index in [0.717, 1.165) is 43.0 Å². The number of hydrogen-bond donors (Lipinski definition) is 1. The Morgan fingerprint density at radius 2 is 2.05 bits per heavy atom. The van der Waals surface area contributed by atoms with Gasteiger partial charge in [-0.15, -0.1) is 0 Å². The third-order valence-electron chi connectivity index (χ3n) is 3.69. The predicted octanol–water partition coefficient (Wildman–Crippen LogP) is 2.01. The molecule has 4 heteroatoms. The van der Waals surface area contributed by atoms with Gasteiger partial charge in [0.25, 0.3) is 0 Å². The third kappa shape index (κ3) is 3.14. The number of carbonyl (C=O) groups excluding carboxylic acids is 1. The summed E-state index contributed by atoms with van der Waals surface area (Å²) in [5.41, 5.74) is 2.86. The lowest BCUT2D eigenvalue weighted by Gasteiger charge is -2.30. The van der Waals surface area contributed by atoms with Crippen molar-refractivity contribution >= 4 is 11.5 Å². The summed E-state index contributed by atoms with van der Waals surface area (Å²) in [6, 6.07) is 6.10. The highest BCUT2D eigenvalue weighted by molar-refractivity contribution is 5.96. The van der Waals surface area contributed by atoms with Crippen LogP contribution in [0.25, 0.3) is 0 Å². The molecule has 0 radical (unpaired) electrons. The lowest BCUT2D eigenvalue weighted by molar-refractivity contribution is 0.0989. The van der Waals surface area contributed by atoms with Crippen LogP contribution >= 0.6 is 0 Å². The van der Waals surface area contributed by atoms with Gasteiger partial charge in [-0.1, -0.05) is 6.07 Å². The van der Waals surface area contributed by atoms with Gasteiger partial charge in [-0.25, -0.2) is 0 Å². The third-order valence-corrected chi connectivity index (χ3v) is 3.69. The number of ketones is 1. The van der Waals surface area contributed by atoms with Crippen LogP contribution in [0.4, 0.5) is 5.69 Å². The molecule has 4 nitrogen and oxygen atoms in total. The molecule has 1 aliphatic rings. The number of ether oxygens (including phenoxy) is 1. The molecular weight excluding hydrogens is 240 g/mol. The van der Waals surface area contributed by atoms with Crippen molar-refractivity contribution in [3.8, 4) is 0 Å². The normalized spacial score (nSPS) is 17.3. The number of carbonyl (C=O) groups is 1. The molecule has 1 aliphatic heterocycles. The minimum atomic E-state index is -0.0593. The van der Waals surface area contributed by atoms with Crippen LogP contribution in [0.1, 0.15) is 35.9 Å². The first-order valence-corrected chi connectivity index (χ1v) is 6.77.